The highest BCUT2D eigenvalue weighted by atomic mass is 19.1. The first-order chi connectivity index (χ1) is 14.7. The van der Waals surface area contributed by atoms with E-state index in [9.17, 15) is 9.18 Å². The molecule has 2 aromatic heterocycles. The van der Waals surface area contributed by atoms with Gasteiger partial charge in [0, 0.05) is 24.2 Å². The van der Waals surface area contributed by atoms with Gasteiger partial charge < -0.3 is 14.6 Å². The number of hydrogen-bond acceptors (Lipinski definition) is 5. The molecule has 1 aliphatic rings. The number of hydrogen-bond donors (Lipinski definition) is 1. The molecule has 0 atom stereocenters. The number of halogens is 1. The molecule has 4 aromatic rings. The van der Waals surface area contributed by atoms with Gasteiger partial charge in [-0.2, -0.15) is 0 Å². The molecule has 152 valence electrons. The summed E-state index contributed by atoms with van der Waals surface area (Å²) in [4.78, 5) is 24.3. The van der Waals surface area contributed by atoms with E-state index in [0.717, 1.165) is 31.3 Å². The number of para-hydroxylation sites is 1. The third-order valence-electron chi connectivity index (χ3n) is 5.41. The fourth-order valence-corrected chi connectivity index (χ4v) is 3.89. The van der Waals surface area contributed by atoms with E-state index >= 15 is 0 Å². The summed E-state index contributed by atoms with van der Waals surface area (Å²) in [7, 11) is 0. The number of fused-ring (bicyclic) bond motifs is 3. The Kier molecular flexibility index (Phi) is 4.78. The molecule has 1 fully saturated rings. The van der Waals surface area contributed by atoms with Gasteiger partial charge in [-0.25, -0.2) is 14.4 Å². The van der Waals surface area contributed by atoms with E-state index < -0.39 is 5.91 Å². The van der Waals surface area contributed by atoms with Gasteiger partial charge in [-0.05, 0) is 49.2 Å². The molecule has 0 spiro atoms. The predicted molar refractivity (Wildman–Crippen MR) is 114 cm³/mol. The Balaban J connectivity index is 1.61. The molecule has 5 rings (SSSR count). The van der Waals surface area contributed by atoms with E-state index in [1.165, 1.54) is 37.1 Å². The highest BCUT2D eigenvalue weighted by Crippen LogP contribution is 2.34. The van der Waals surface area contributed by atoms with Crippen LogP contribution < -0.4 is 10.2 Å². The maximum atomic E-state index is 13.2. The lowest BCUT2D eigenvalue weighted by Gasteiger charge is -2.21. The molecule has 0 unspecified atom stereocenters. The Morgan fingerprint density at radius 3 is 2.47 bits per heavy atom. The molecule has 1 amide bonds. The Labute approximate surface area is 172 Å². The van der Waals surface area contributed by atoms with Gasteiger partial charge in [0.15, 0.2) is 11.4 Å². The number of carbonyl (C=O) groups is 1. The minimum Gasteiger partial charge on any atom is -0.450 e. The zero-order valence-corrected chi connectivity index (χ0v) is 16.4. The van der Waals surface area contributed by atoms with Crippen LogP contribution in [0.25, 0.3) is 22.1 Å². The number of nitrogens with zero attached hydrogens (tertiary/aromatic N) is 3. The van der Waals surface area contributed by atoms with E-state index in [1.807, 2.05) is 24.3 Å². The summed E-state index contributed by atoms with van der Waals surface area (Å²) in [6.45, 7) is 1.73. The molecule has 0 saturated carbocycles. The number of furan rings is 1. The number of nitrogens with one attached hydrogen (secondary N) is 1. The molecule has 2 aromatic carbocycles. The molecule has 7 heteroatoms. The van der Waals surface area contributed by atoms with Crippen molar-refractivity contribution in [3.63, 3.8) is 0 Å². The largest absolute Gasteiger partial charge is 0.450 e. The van der Waals surface area contributed by atoms with Gasteiger partial charge in [0.1, 0.15) is 16.9 Å². The molecule has 30 heavy (non-hydrogen) atoms. The van der Waals surface area contributed by atoms with Crippen LogP contribution in [0.15, 0.2) is 52.9 Å². The minimum absolute atomic E-state index is 0.0672. The van der Waals surface area contributed by atoms with E-state index in [2.05, 4.69) is 20.2 Å². The van der Waals surface area contributed by atoms with Gasteiger partial charge >= 0.3 is 0 Å². The van der Waals surface area contributed by atoms with Crippen molar-refractivity contribution in [2.75, 3.05) is 23.3 Å². The second-order valence-electron chi connectivity index (χ2n) is 7.51. The van der Waals surface area contributed by atoms with Crippen LogP contribution in [0.4, 0.5) is 15.9 Å². The summed E-state index contributed by atoms with van der Waals surface area (Å²) in [5.74, 6) is -0.0798. The summed E-state index contributed by atoms with van der Waals surface area (Å²) >= 11 is 0. The Bertz CT molecular complexity index is 1210. The number of carbonyl (C=O) groups excluding carboxylic acids is 1. The molecule has 0 bridgehead atoms. The van der Waals surface area contributed by atoms with Gasteiger partial charge in [-0.3, -0.25) is 4.79 Å². The number of amides is 1. The van der Waals surface area contributed by atoms with Crippen LogP contribution in [0.1, 0.15) is 36.3 Å². The zero-order chi connectivity index (χ0) is 20.5. The van der Waals surface area contributed by atoms with Crippen LogP contribution in [-0.2, 0) is 0 Å². The quantitative estimate of drug-likeness (QED) is 0.511. The molecule has 1 saturated heterocycles. The third-order valence-corrected chi connectivity index (χ3v) is 5.41. The van der Waals surface area contributed by atoms with Crippen molar-refractivity contribution in [2.45, 2.75) is 25.7 Å². The normalized spacial score (nSPS) is 14.8. The van der Waals surface area contributed by atoms with E-state index in [1.54, 1.807) is 0 Å². The van der Waals surface area contributed by atoms with Gasteiger partial charge in [-0.15, -0.1) is 0 Å². The van der Waals surface area contributed by atoms with Crippen LogP contribution in [0.3, 0.4) is 0 Å². The van der Waals surface area contributed by atoms with Gasteiger partial charge in [0.05, 0.1) is 0 Å². The molecule has 0 radical (unpaired) electrons. The lowest BCUT2D eigenvalue weighted by molar-refractivity contribution is 0.101. The molecular weight excluding hydrogens is 383 g/mol. The zero-order valence-electron chi connectivity index (χ0n) is 16.4. The summed E-state index contributed by atoms with van der Waals surface area (Å²) in [5.41, 5.74) is 2.44. The molecule has 3 heterocycles. The van der Waals surface area contributed by atoms with Crippen molar-refractivity contribution in [2.24, 2.45) is 0 Å². The number of anilines is 2. The molecule has 6 nitrogen and oxygen atoms in total. The van der Waals surface area contributed by atoms with E-state index in [-0.39, 0.29) is 11.6 Å². The standard InChI is InChI=1S/C23H21FN4O2/c24-15-9-11-16(12-10-15)25-23(29)21-26-19-17-7-3-4-8-18(17)30-20(19)22(27-21)28-13-5-1-2-6-14-28/h3-4,7-12H,1-2,5-6,13-14H2,(H,25,29). The Hall–Kier alpha value is -3.48. The first-order valence-corrected chi connectivity index (χ1v) is 10.2. The lowest BCUT2D eigenvalue weighted by Crippen LogP contribution is -2.26. The Morgan fingerprint density at radius 2 is 1.70 bits per heavy atom. The summed E-state index contributed by atoms with van der Waals surface area (Å²) < 4.78 is 19.3. The van der Waals surface area contributed by atoms with Crippen molar-refractivity contribution < 1.29 is 13.6 Å². The van der Waals surface area contributed by atoms with Gasteiger partial charge in [-0.1, -0.05) is 25.0 Å². The van der Waals surface area contributed by atoms with Crippen LogP contribution in [0, 0.1) is 5.82 Å². The summed E-state index contributed by atoms with van der Waals surface area (Å²) in [6.07, 6.45) is 4.51. The number of benzene rings is 2. The fourth-order valence-electron chi connectivity index (χ4n) is 3.89. The van der Waals surface area contributed by atoms with Crippen molar-refractivity contribution in [3.05, 3.63) is 60.2 Å². The van der Waals surface area contributed by atoms with Crippen molar-refractivity contribution in [1.82, 2.24) is 9.97 Å². The molecular formula is C23H21FN4O2. The highest BCUT2D eigenvalue weighted by molar-refractivity contribution is 6.09. The minimum atomic E-state index is -0.440. The highest BCUT2D eigenvalue weighted by Gasteiger charge is 2.23. The average Bonchev–Trinajstić information content (AvgIpc) is 2.93. The molecule has 0 aliphatic carbocycles. The lowest BCUT2D eigenvalue weighted by atomic mass is 10.2. The Morgan fingerprint density at radius 1 is 0.967 bits per heavy atom. The molecule has 1 N–H and O–H groups in total. The van der Waals surface area contributed by atoms with Gasteiger partial charge in [0.2, 0.25) is 5.82 Å². The van der Waals surface area contributed by atoms with Crippen molar-refractivity contribution in [3.8, 4) is 0 Å². The van der Waals surface area contributed by atoms with Gasteiger partial charge in [0.25, 0.3) is 5.91 Å². The monoisotopic (exact) mass is 404 g/mol. The average molecular weight is 404 g/mol. The smallest absolute Gasteiger partial charge is 0.293 e. The maximum Gasteiger partial charge on any atom is 0.293 e. The van der Waals surface area contributed by atoms with Crippen LogP contribution in [0.5, 0.6) is 0 Å². The second-order valence-corrected chi connectivity index (χ2v) is 7.51. The maximum absolute atomic E-state index is 13.2. The summed E-state index contributed by atoms with van der Waals surface area (Å²) in [5, 5.41) is 3.60. The first-order valence-electron chi connectivity index (χ1n) is 10.2. The second kappa shape index (κ2) is 7.74. The number of rotatable bonds is 3. The predicted octanol–water partition coefficient (Wildman–Crippen LogP) is 5.15. The van der Waals surface area contributed by atoms with Crippen LogP contribution in [-0.4, -0.2) is 29.0 Å². The van der Waals surface area contributed by atoms with Crippen molar-refractivity contribution >= 4 is 39.5 Å². The van der Waals surface area contributed by atoms with E-state index in [0.29, 0.717) is 28.2 Å². The van der Waals surface area contributed by atoms with Crippen molar-refractivity contribution in [1.29, 1.82) is 0 Å². The number of aromatic nitrogens is 2. The summed E-state index contributed by atoms with van der Waals surface area (Å²) in [6, 6.07) is 13.3. The van der Waals surface area contributed by atoms with Crippen LogP contribution >= 0.6 is 0 Å². The SMILES string of the molecule is O=C(Nc1ccc(F)cc1)c1nc(N2CCCCCC2)c2oc3ccccc3c2n1. The van der Waals surface area contributed by atoms with E-state index in [4.69, 9.17) is 4.42 Å². The topological polar surface area (TPSA) is 71.3 Å². The molecule has 1 aliphatic heterocycles. The fraction of sp³-hybridized carbons (Fsp3) is 0.261. The third kappa shape index (κ3) is 3.47. The first kappa shape index (κ1) is 18.5. The van der Waals surface area contributed by atoms with Crippen LogP contribution in [0.2, 0.25) is 0 Å².